The second-order valence-corrected chi connectivity index (χ2v) is 15.0. The number of methoxy groups -OCH3 is 1. The number of carbonyl (C=O) groups excluding carboxylic acids is 4. The molecule has 5 rings (SSSR count). The number of aliphatic carboxylic acids is 1. The maximum absolute atomic E-state index is 14.4. The molecule has 56 heavy (non-hydrogen) atoms. The topological polar surface area (TPSA) is 188 Å². The van der Waals surface area contributed by atoms with Crippen molar-refractivity contribution < 1.29 is 38.6 Å². The Morgan fingerprint density at radius 2 is 1.52 bits per heavy atom. The van der Waals surface area contributed by atoms with Crippen LogP contribution in [0.4, 0.5) is 4.79 Å². The Morgan fingerprint density at radius 3 is 2.25 bits per heavy atom. The van der Waals surface area contributed by atoms with Crippen LogP contribution in [-0.4, -0.2) is 76.8 Å². The number of aromatic amines is 1. The number of carboxylic acids is 1. The summed E-state index contributed by atoms with van der Waals surface area (Å²) < 4.78 is 10.8. The van der Waals surface area contributed by atoms with E-state index in [4.69, 9.17) is 9.47 Å². The first-order valence-corrected chi connectivity index (χ1v) is 18.4. The second kappa shape index (κ2) is 17.8. The Morgan fingerprint density at radius 1 is 0.786 bits per heavy atom. The smallest absolute Gasteiger partial charge is 0.408 e. The van der Waals surface area contributed by atoms with E-state index in [0.717, 1.165) is 32.8 Å². The number of fused-ring (bicyclic) bond motifs is 2. The Balaban J connectivity index is 1.43. The van der Waals surface area contributed by atoms with Crippen molar-refractivity contribution in [1.29, 1.82) is 0 Å². The van der Waals surface area contributed by atoms with Gasteiger partial charge in [-0.25, -0.2) is 4.79 Å². The lowest BCUT2D eigenvalue weighted by molar-refractivity contribution is -0.142. The monoisotopic (exact) mass is 763 g/mol. The highest BCUT2D eigenvalue weighted by Gasteiger charge is 2.40. The van der Waals surface area contributed by atoms with Gasteiger partial charge in [0.2, 0.25) is 17.7 Å². The fraction of sp³-hybridized carbons (Fsp3) is 0.326. The van der Waals surface area contributed by atoms with Gasteiger partial charge in [0.15, 0.2) is 0 Å². The largest absolute Gasteiger partial charge is 0.497 e. The lowest BCUT2D eigenvalue weighted by Gasteiger charge is -2.33. The molecule has 6 N–H and O–H groups in total. The van der Waals surface area contributed by atoms with Gasteiger partial charge in [0.1, 0.15) is 29.0 Å². The Kier molecular flexibility index (Phi) is 13.0. The molecule has 0 aliphatic rings. The number of carboxylic acid groups (broad SMARTS) is 1. The summed E-state index contributed by atoms with van der Waals surface area (Å²) in [5.41, 5.74) is 0.550. The molecular formula is C43H49N5O8. The van der Waals surface area contributed by atoms with Crippen LogP contribution < -0.4 is 26.0 Å². The van der Waals surface area contributed by atoms with E-state index in [2.05, 4.69) is 26.3 Å². The van der Waals surface area contributed by atoms with Crippen molar-refractivity contribution in [3.05, 3.63) is 114 Å². The zero-order valence-corrected chi connectivity index (χ0v) is 32.2. The summed E-state index contributed by atoms with van der Waals surface area (Å²) in [7, 11) is 1.55. The van der Waals surface area contributed by atoms with Crippen LogP contribution in [0.1, 0.15) is 50.8 Å². The van der Waals surface area contributed by atoms with Gasteiger partial charge in [-0.1, -0.05) is 72.8 Å². The lowest BCUT2D eigenvalue weighted by Crippen LogP contribution is -2.64. The van der Waals surface area contributed by atoms with Gasteiger partial charge in [-0.05, 0) is 79.8 Å². The Bertz CT molecular complexity index is 2210. The average molecular weight is 764 g/mol. The molecular weight excluding hydrogens is 714 g/mol. The first-order chi connectivity index (χ1) is 26.6. The fourth-order valence-corrected chi connectivity index (χ4v) is 6.46. The van der Waals surface area contributed by atoms with Gasteiger partial charge in [0, 0.05) is 36.5 Å². The minimum absolute atomic E-state index is 0.0418. The molecule has 13 nitrogen and oxygen atoms in total. The van der Waals surface area contributed by atoms with Gasteiger partial charge in [-0.2, -0.15) is 0 Å². The molecule has 5 aromatic rings. The number of ether oxygens (including phenoxy) is 2. The van der Waals surface area contributed by atoms with Crippen molar-refractivity contribution in [1.82, 2.24) is 26.3 Å². The van der Waals surface area contributed by atoms with Crippen molar-refractivity contribution in [2.75, 3.05) is 13.7 Å². The molecule has 4 amide bonds. The molecule has 3 atom stereocenters. The van der Waals surface area contributed by atoms with E-state index in [1.54, 1.807) is 40.1 Å². The lowest BCUT2D eigenvalue weighted by atomic mass is 9.89. The number of nitrogens with one attached hydrogen (secondary N) is 5. The predicted molar refractivity (Wildman–Crippen MR) is 213 cm³/mol. The standard InChI is InChI=1S/C43H49N5O8/c1-42(2,3)56-41(54)47-35(23-31-26-45-34-16-9-8-15-33(31)34)39(52)48-43(4,25-28-17-18-29-12-6-7-13-30(29)21-28)40(53)46-36(24-37(49)50)38(51)44-20-19-27-11-10-14-32(22-27)55-5/h6-18,21-22,26,35-36,45H,19-20,23-25H2,1-5H3,(H,44,51)(H,46,53)(H,47,54)(H,48,52)(H,49,50)/t35-,36-,43-/m0/s1. The molecule has 1 heterocycles. The molecule has 13 heteroatoms. The summed E-state index contributed by atoms with van der Waals surface area (Å²) in [5.74, 6) is -2.85. The minimum Gasteiger partial charge on any atom is -0.497 e. The van der Waals surface area contributed by atoms with E-state index in [0.29, 0.717) is 17.7 Å². The normalized spacial score (nSPS) is 13.5. The number of para-hydroxylation sites is 1. The molecule has 1 aromatic heterocycles. The van der Waals surface area contributed by atoms with Crippen LogP contribution >= 0.6 is 0 Å². The van der Waals surface area contributed by atoms with E-state index in [1.165, 1.54) is 6.92 Å². The van der Waals surface area contributed by atoms with E-state index in [9.17, 15) is 29.1 Å². The zero-order chi connectivity index (χ0) is 40.5. The van der Waals surface area contributed by atoms with Crippen molar-refractivity contribution >= 4 is 51.5 Å². The van der Waals surface area contributed by atoms with Gasteiger partial charge < -0.3 is 40.8 Å². The number of rotatable bonds is 16. The van der Waals surface area contributed by atoms with Gasteiger partial charge in [-0.15, -0.1) is 0 Å². The molecule has 0 saturated carbocycles. The van der Waals surface area contributed by atoms with E-state index < -0.39 is 59.4 Å². The van der Waals surface area contributed by atoms with Gasteiger partial charge in [0.25, 0.3) is 0 Å². The molecule has 0 unspecified atom stereocenters. The molecule has 0 spiro atoms. The average Bonchev–Trinajstić information content (AvgIpc) is 3.55. The maximum Gasteiger partial charge on any atom is 0.408 e. The van der Waals surface area contributed by atoms with Crippen molar-refractivity contribution in [3.63, 3.8) is 0 Å². The predicted octanol–water partition coefficient (Wildman–Crippen LogP) is 5.20. The SMILES string of the molecule is COc1cccc(CCNC(=O)[C@H](CC(=O)O)NC(=O)[C@](C)(Cc2ccc3ccccc3c2)NC(=O)[C@H](Cc2c[nH]c3ccccc23)NC(=O)OC(C)(C)C)c1. The number of hydrogen-bond donors (Lipinski definition) is 6. The summed E-state index contributed by atoms with van der Waals surface area (Å²) >= 11 is 0. The Labute approximate surface area is 325 Å². The maximum atomic E-state index is 14.4. The van der Waals surface area contributed by atoms with Gasteiger partial charge in [-0.3, -0.25) is 19.2 Å². The number of alkyl carbamates (subject to hydrolysis) is 1. The molecule has 4 aromatic carbocycles. The summed E-state index contributed by atoms with van der Waals surface area (Å²) in [6.45, 7) is 6.78. The van der Waals surface area contributed by atoms with Crippen molar-refractivity contribution in [2.24, 2.45) is 0 Å². The van der Waals surface area contributed by atoms with Crippen molar-refractivity contribution in [2.45, 2.75) is 76.6 Å². The van der Waals surface area contributed by atoms with Crippen LogP contribution in [0.2, 0.25) is 0 Å². The van der Waals surface area contributed by atoms with Crippen LogP contribution in [-0.2, 0) is 43.2 Å². The molecule has 0 aliphatic carbocycles. The zero-order valence-electron chi connectivity index (χ0n) is 32.2. The quantitative estimate of drug-likeness (QED) is 0.0791. The highest BCUT2D eigenvalue weighted by molar-refractivity contribution is 5.98. The third-order valence-electron chi connectivity index (χ3n) is 9.23. The van der Waals surface area contributed by atoms with E-state index in [1.807, 2.05) is 84.9 Å². The molecule has 0 aliphatic heterocycles. The van der Waals surface area contributed by atoms with E-state index >= 15 is 0 Å². The number of H-pyrrole nitrogens is 1. The molecule has 0 bridgehead atoms. The third kappa shape index (κ3) is 11.1. The van der Waals surface area contributed by atoms with Crippen LogP contribution in [0.25, 0.3) is 21.7 Å². The fourth-order valence-electron chi connectivity index (χ4n) is 6.46. The summed E-state index contributed by atoms with van der Waals surface area (Å²) in [4.78, 5) is 70.5. The number of aromatic nitrogens is 1. The summed E-state index contributed by atoms with van der Waals surface area (Å²) in [5, 5.41) is 23.4. The number of benzene rings is 4. The number of amides is 4. The molecule has 0 fully saturated rings. The minimum atomic E-state index is -1.74. The Hall–Kier alpha value is -6.37. The first-order valence-electron chi connectivity index (χ1n) is 18.4. The van der Waals surface area contributed by atoms with E-state index in [-0.39, 0.29) is 19.4 Å². The van der Waals surface area contributed by atoms with Gasteiger partial charge in [0.05, 0.1) is 13.5 Å². The molecule has 0 saturated heterocycles. The highest BCUT2D eigenvalue weighted by atomic mass is 16.6. The van der Waals surface area contributed by atoms with Crippen LogP contribution in [0.5, 0.6) is 5.75 Å². The molecule has 294 valence electrons. The second-order valence-electron chi connectivity index (χ2n) is 15.0. The summed E-state index contributed by atoms with van der Waals surface area (Å²) in [6.07, 6.45) is 0.644. The van der Waals surface area contributed by atoms with Gasteiger partial charge >= 0.3 is 12.1 Å². The molecule has 0 radical (unpaired) electrons. The van der Waals surface area contributed by atoms with Crippen LogP contribution in [0.15, 0.2) is 97.2 Å². The first kappa shape index (κ1) is 40.8. The summed E-state index contributed by atoms with van der Waals surface area (Å²) in [6, 6.07) is 25.5. The van der Waals surface area contributed by atoms with Crippen LogP contribution in [0, 0.1) is 0 Å². The van der Waals surface area contributed by atoms with Crippen LogP contribution in [0.3, 0.4) is 0 Å². The number of carbonyl (C=O) groups is 5. The third-order valence-corrected chi connectivity index (χ3v) is 9.23. The highest BCUT2D eigenvalue weighted by Crippen LogP contribution is 2.23. The van der Waals surface area contributed by atoms with Crippen molar-refractivity contribution in [3.8, 4) is 5.75 Å². The number of hydrogen-bond acceptors (Lipinski definition) is 7.